The molecule has 2 atom stereocenters. The smallest absolute Gasteiger partial charge is 0.258 e. The second-order valence-electron chi connectivity index (χ2n) is 5.75. The molecule has 1 heterocycles. The molecule has 1 aliphatic rings. The predicted molar refractivity (Wildman–Crippen MR) is 72.7 cm³/mol. The number of imide groups is 1. The number of amides is 2. The number of aliphatic hydroxyl groups excluding tert-OH is 1. The summed E-state index contributed by atoms with van der Waals surface area (Å²) in [5.74, 6) is -3.56. The number of morpholine rings is 1. The quantitative estimate of drug-likeness (QED) is 0.619. The molecule has 0 spiro atoms. The maximum absolute atomic E-state index is 13.5. The standard InChI is InChI=1S/C15H17F2NO4.Ac/c1-8(19)14(21)18-12(20)7-22-15(2,3)13(18)9-4-5-10(16)11(17)6-9;/h4-6,8,13,19H,7H2,1-3H3;/t8-,13?;/m1./s1. The fourth-order valence-electron chi connectivity index (χ4n) is 2.54. The summed E-state index contributed by atoms with van der Waals surface area (Å²) in [5.41, 5.74) is -0.797. The Morgan fingerprint density at radius 1 is 1.39 bits per heavy atom. The Morgan fingerprint density at radius 2 is 2.00 bits per heavy atom. The Bertz CT molecular complexity index is 621. The van der Waals surface area contributed by atoms with Crippen molar-refractivity contribution >= 4 is 11.8 Å². The molecule has 1 N–H and O–H groups in total. The van der Waals surface area contributed by atoms with Gasteiger partial charge in [0.25, 0.3) is 11.8 Å². The molecule has 1 fully saturated rings. The van der Waals surface area contributed by atoms with Gasteiger partial charge in [0.05, 0.1) is 11.6 Å². The van der Waals surface area contributed by atoms with E-state index in [-0.39, 0.29) is 56.2 Å². The van der Waals surface area contributed by atoms with Gasteiger partial charge in [-0.15, -0.1) is 0 Å². The minimum atomic E-state index is -1.40. The number of aliphatic hydroxyl groups is 1. The summed E-state index contributed by atoms with van der Waals surface area (Å²) in [4.78, 5) is 25.1. The van der Waals surface area contributed by atoms with Crippen molar-refractivity contribution < 1.29 is 72.3 Å². The number of hydrogen-bond donors (Lipinski definition) is 1. The first-order valence-corrected chi connectivity index (χ1v) is 6.78. The maximum atomic E-state index is 13.5. The summed E-state index contributed by atoms with van der Waals surface area (Å²) in [6.45, 7) is 4.17. The van der Waals surface area contributed by atoms with Crippen molar-refractivity contribution in [1.82, 2.24) is 4.90 Å². The number of halogens is 2. The molecule has 0 bridgehead atoms. The number of benzene rings is 1. The SMILES string of the molecule is C[C@@H](O)C(=O)N1C(=O)COC(C)(C)C1c1ccc(F)c(F)c1.[Ac]. The molecule has 1 aliphatic heterocycles. The summed E-state index contributed by atoms with van der Waals surface area (Å²) in [5, 5.41) is 9.51. The molecule has 1 aromatic carbocycles. The van der Waals surface area contributed by atoms with E-state index >= 15 is 0 Å². The minimum Gasteiger partial charge on any atom is -0.384 e. The third-order valence-electron chi connectivity index (χ3n) is 3.61. The summed E-state index contributed by atoms with van der Waals surface area (Å²) >= 11 is 0. The van der Waals surface area contributed by atoms with Crippen molar-refractivity contribution in [3.8, 4) is 0 Å². The van der Waals surface area contributed by atoms with E-state index in [4.69, 9.17) is 4.74 Å². The average Bonchev–Trinajstić information content (AvgIpc) is 2.43. The van der Waals surface area contributed by atoms with Crippen molar-refractivity contribution in [3.63, 3.8) is 0 Å². The van der Waals surface area contributed by atoms with E-state index in [1.54, 1.807) is 13.8 Å². The van der Waals surface area contributed by atoms with Gasteiger partial charge in [0.15, 0.2) is 11.6 Å². The van der Waals surface area contributed by atoms with Crippen molar-refractivity contribution in [2.45, 2.75) is 38.5 Å². The second-order valence-corrected chi connectivity index (χ2v) is 5.75. The van der Waals surface area contributed by atoms with Crippen LogP contribution in [0.15, 0.2) is 18.2 Å². The molecule has 1 radical (unpaired) electrons. The van der Waals surface area contributed by atoms with E-state index < -0.39 is 41.2 Å². The predicted octanol–water partition coefficient (Wildman–Crippen LogP) is 1.55. The Labute approximate surface area is 168 Å². The molecule has 0 aliphatic carbocycles. The zero-order valence-corrected chi connectivity index (χ0v) is 17.8. The Kier molecular flexibility index (Phi) is 6.86. The van der Waals surface area contributed by atoms with Crippen LogP contribution < -0.4 is 0 Å². The van der Waals surface area contributed by atoms with E-state index in [1.165, 1.54) is 13.0 Å². The van der Waals surface area contributed by atoms with Gasteiger partial charge in [0.2, 0.25) is 0 Å². The first-order chi connectivity index (χ1) is 10.1. The van der Waals surface area contributed by atoms with Gasteiger partial charge in [-0.2, -0.15) is 0 Å². The fourth-order valence-corrected chi connectivity index (χ4v) is 2.54. The molecule has 123 valence electrons. The zero-order chi connectivity index (χ0) is 16.7. The fraction of sp³-hybridized carbons (Fsp3) is 0.467. The largest absolute Gasteiger partial charge is 0.384 e. The van der Waals surface area contributed by atoms with Crippen LogP contribution in [0.25, 0.3) is 0 Å². The molecule has 1 saturated heterocycles. The average molecular weight is 540 g/mol. The molecule has 23 heavy (non-hydrogen) atoms. The van der Waals surface area contributed by atoms with Gasteiger partial charge in [-0.25, -0.2) is 8.78 Å². The van der Waals surface area contributed by atoms with Crippen LogP contribution in [0.4, 0.5) is 8.78 Å². The number of nitrogens with zero attached hydrogens (tertiary/aromatic N) is 1. The van der Waals surface area contributed by atoms with Crippen LogP contribution in [0.5, 0.6) is 0 Å². The summed E-state index contributed by atoms with van der Waals surface area (Å²) < 4.78 is 32.1. The number of carbonyl (C=O) groups excluding carboxylic acids is 2. The van der Waals surface area contributed by atoms with Gasteiger partial charge in [-0.3, -0.25) is 14.5 Å². The second kappa shape index (κ2) is 7.64. The number of ether oxygens (including phenoxy) is 1. The number of carbonyl (C=O) groups is 2. The Hall–Kier alpha value is -0.418. The van der Waals surface area contributed by atoms with E-state index in [2.05, 4.69) is 0 Å². The van der Waals surface area contributed by atoms with E-state index in [0.29, 0.717) is 0 Å². The Morgan fingerprint density at radius 3 is 2.52 bits per heavy atom. The van der Waals surface area contributed by atoms with Crippen molar-refractivity contribution in [3.05, 3.63) is 35.4 Å². The summed E-state index contributed by atoms with van der Waals surface area (Å²) in [6.07, 6.45) is -1.40. The first kappa shape index (κ1) is 20.6. The van der Waals surface area contributed by atoms with Crippen molar-refractivity contribution in [2.24, 2.45) is 0 Å². The summed E-state index contributed by atoms with van der Waals surface area (Å²) in [6, 6.07) is 2.16. The molecule has 2 rings (SSSR count). The third kappa shape index (κ3) is 4.16. The van der Waals surface area contributed by atoms with Crippen LogP contribution in [0.2, 0.25) is 0 Å². The van der Waals surface area contributed by atoms with Crippen LogP contribution in [-0.2, 0) is 14.3 Å². The molecule has 8 heteroatoms. The van der Waals surface area contributed by atoms with Gasteiger partial charge in [-0.1, -0.05) is 6.07 Å². The van der Waals surface area contributed by atoms with E-state index in [0.717, 1.165) is 17.0 Å². The maximum Gasteiger partial charge on any atom is 0.258 e. The molecule has 1 aromatic rings. The first-order valence-electron chi connectivity index (χ1n) is 6.78. The topological polar surface area (TPSA) is 66.8 Å². The van der Waals surface area contributed by atoms with Crippen molar-refractivity contribution in [2.75, 3.05) is 6.61 Å². The van der Waals surface area contributed by atoms with E-state index in [9.17, 15) is 23.5 Å². The zero-order valence-electron chi connectivity index (χ0n) is 13.0. The minimum absolute atomic E-state index is 0. The molecule has 0 aromatic heterocycles. The van der Waals surface area contributed by atoms with Crippen LogP contribution in [-0.4, -0.2) is 40.1 Å². The van der Waals surface area contributed by atoms with Gasteiger partial charge < -0.3 is 9.84 Å². The molecular formula is C15H17AcF2NO4. The van der Waals surface area contributed by atoms with Crippen LogP contribution in [0.3, 0.4) is 0 Å². The number of hydrogen-bond acceptors (Lipinski definition) is 4. The molecular weight excluding hydrogens is 523 g/mol. The van der Waals surface area contributed by atoms with Gasteiger partial charge in [0.1, 0.15) is 12.7 Å². The Balaban J connectivity index is 0.00000264. The molecule has 2 amide bonds. The monoisotopic (exact) mass is 540 g/mol. The number of rotatable bonds is 2. The van der Waals surface area contributed by atoms with Crippen LogP contribution >= 0.6 is 0 Å². The van der Waals surface area contributed by atoms with Gasteiger partial charge in [0, 0.05) is 44.1 Å². The van der Waals surface area contributed by atoms with Crippen molar-refractivity contribution in [1.29, 1.82) is 0 Å². The van der Waals surface area contributed by atoms with Gasteiger partial charge in [-0.05, 0) is 38.5 Å². The van der Waals surface area contributed by atoms with E-state index in [1.807, 2.05) is 0 Å². The third-order valence-corrected chi connectivity index (χ3v) is 3.61. The normalized spacial score (nSPS) is 21.6. The molecule has 0 saturated carbocycles. The van der Waals surface area contributed by atoms with Crippen LogP contribution in [0.1, 0.15) is 32.4 Å². The summed E-state index contributed by atoms with van der Waals surface area (Å²) in [7, 11) is 0. The molecule has 1 unspecified atom stereocenters. The van der Waals surface area contributed by atoms with Crippen LogP contribution in [0, 0.1) is 55.7 Å². The molecule has 5 nitrogen and oxygen atoms in total. The van der Waals surface area contributed by atoms with Gasteiger partial charge >= 0.3 is 0 Å².